The molecule has 0 aromatic rings. The van der Waals surface area contributed by atoms with Crippen LogP contribution in [-0.2, 0) is 4.79 Å². The number of nitrogens with zero attached hydrogens (tertiary/aromatic N) is 1. The number of aliphatic hydroxyl groups is 1. The lowest BCUT2D eigenvalue weighted by Gasteiger charge is -2.37. The SMILES string of the molecule is CCC(CC)NC(=O)C(C)N1CCC(C(O)C(F)(F)F)CC1. The van der Waals surface area contributed by atoms with Crippen LogP contribution in [0.2, 0.25) is 0 Å². The Labute approximate surface area is 130 Å². The molecule has 22 heavy (non-hydrogen) atoms. The molecule has 7 heteroatoms. The Bertz CT molecular complexity index is 351. The zero-order chi connectivity index (χ0) is 16.9. The van der Waals surface area contributed by atoms with E-state index >= 15 is 0 Å². The molecule has 0 aromatic heterocycles. The average Bonchev–Trinajstić information content (AvgIpc) is 2.50. The Morgan fingerprint density at radius 1 is 1.27 bits per heavy atom. The van der Waals surface area contributed by atoms with E-state index in [-0.39, 0.29) is 30.8 Å². The lowest BCUT2D eigenvalue weighted by Crippen LogP contribution is -2.52. The van der Waals surface area contributed by atoms with Crippen molar-refractivity contribution in [1.82, 2.24) is 10.2 Å². The summed E-state index contributed by atoms with van der Waals surface area (Å²) in [6.45, 7) is 6.58. The molecular formula is C15H27F3N2O2. The summed E-state index contributed by atoms with van der Waals surface area (Å²) in [6.07, 6.45) is -4.61. The Hall–Kier alpha value is -0.820. The van der Waals surface area contributed by atoms with Crippen LogP contribution in [0.4, 0.5) is 13.2 Å². The van der Waals surface area contributed by atoms with Gasteiger partial charge in [-0.2, -0.15) is 13.2 Å². The Morgan fingerprint density at radius 2 is 1.77 bits per heavy atom. The fraction of sp³-hybridized carbons (Fsp3) is 0.933. The molecule has 0 spiro atoms. The van der Waals surface area contributed by atoms with Crippen LogP contribution in [0, 0.1) is 5.92 Å². The van der Waals surface area contributed by atoms with Crippen molar-refractivity contribution in [2.75, 3.05) is 13.1 Å². The van der Waals surface area contributed by atoms with Crippen LogP contribution in [0.1, 0.15) is 46.5 Å². The molecular weight excluding hydrogens is 297 g/mol. The quantitative estimate of drug-likeness (QED) is 0.788. The van der Waals surface area contributed by atoms with Gasteiger partial charge in [0.05, 0.1) is 6.04 Å². The van der Waals surface area contributed by atoms with Crippen molar-refractivity contribution in [1.29, 1.82) is 0 Å². The van der Waals surface area contributed by atoms with E-state index in [1.54, 1.807) is 6.92 Å². The number of nitrogens with one attached hydrogen (secondary N) is 1. The van der Waals surface area contributed by atoms with Crippen molar-refractivity contribution < 1.29 is 23.1 Å². The summed E-state index contributed by atoms with van der Waals surface area (Å²) < 4.78 is 37.5. The van der Waals surface area contributed by atoms with Gasteiger partial charge in [-0.1, -0.05) is 13.8 Å². The lowest BCUT2D eigenvalue weighted by atomic mass is 9.90. The predicted molar refractivity (Wildman–Crippen MR) is 78.3 cm³/mol. The largest absolute Gasteiger partial charge is 0.414 e. The summed E-state index contributed by atoms with van der Waals surface area (Å²) in [7, 11) is 0. The normalized spacial score (nSPS) is 20.9. The maximum absolute atomic E-state index is 12.5. The summed E-state index contributed by atoms with van der Waals surface area (Å²) in [5.41, 5.74) is 0. The van der Waals surface area contributed by atoms with Gasteiger partial charge in [-0.3, -0.25) is 9.69 Å². The van der Waals surface area contributed by atoms with Gasteiger partial charge in [0.15, 0.2) is 6.10 Å². The van der Waals surface area contributed by atoms with Gasteiger partial charge in [0.2, 0.25) is 5.91 Å². The number of likely N-dealkylation sites (tertiary alicyclic amines) is 1. The molecule has 0 saturated carbocycles. The van der Waals surface area contributed by atoms with E-state index in [1.807, 2.05) is 18.7 Å². The van der Waals surface area contributed by atoms with Gasteiger partial charge in [-0.15, -0.1) is 0 Å². The first-order valence-corrected chi connectivity index (χ1v) is 7.99. The zero-order valence-corrected chi connectivity index (χ0v) is 13.5. The number of alkyl halides is 3. The number of piperidine rings is 1. The van der Waals surface area contributed by atoms with Crippen molar-refractivity contribution in [2.45, 2.75) is 70.8 Å². The molecule has 1 saturated heterocycles. The molecule has 1 heterocycles. The number of aliphatic hydroxyl groups excluding tert-OH is 1. The molecule has 130 valence electrons. The molecule has 1 amide bonds. The van der Waals surface area contributed by atoms with Crippen LogP contribution < -0.4 is 5.32 Å². The summed E-state index contributed by atoms with van der Waals surface area (Å²) in [4.78, 5) is 14.0. The van der Waals surface area contributed by atoms with Gasteiger partial charge in [0.1, 0.15) is 0 Å². The molecule has 1 aliphatic rings. The monoisotopic (exact) mass is 324 g/mol. The highest BCUT2D eigenvalue weighted by Gasteiger charge is 2.44. The smallest absolute Gasteiger partial charge is 0.383 e. The first kappa shape index (κ1) is 19.2. The molecule has 2 atom stereocenters. The third kappa shape index (κ3) is 5.12. The molecule has 0 aromatic carbocycles. The summed E-state index contributed by atoms with van der Waals surface area (Å²) in [5, 5.41) is 12.3. The van der Waals surface area contributed by atoms with Crippen molar-refractivity contribution in [3.05, 3.63) is 0 Å². The van der Waals surface area contributed by atoms with Gasteiger partial charge in [-0.05, 0) is 51.6 Å². The third-order valence-electron chi connectivity index (χ3n) is 4.62. The molecule has 0 radical (unpaired) electrons. The van der Waals surface area contributed by atoms with Crippen LogP contribution in [0.3, 0.4) is 0 Å². The molecule has 1 rings (SSSR count). The van der Waals surface area contributed by atoms with Crippen LogP contribution in [0.5, 0.6) is 0 Å². The highest BCUT2D eigenvalue weighted by molar-refractivity contribution is 5.81. The minimum absolute atomic E-state index is 0.0801. The first-order chi connectivity index (χ1) is 10.2. The number of carbonyl (C=O) groups excluding carboxylic acids is 1. The van der Waals surface area contributed by atoms with E-state index in [1.165, 1.54) is 0 Å². The van der Waals surface area contributed by atoms with Gasteiger partial charge >= 0.3 is 6.18 Å². The highest BCUT2D eigenvalue weighted by atomic mass is 19.4. The van der Waals surface area contributed by atoms with Crippen molar-refractivity contribution >= 4 is 5.91 Å². The predicted octanol–water partition coefficient (Wildman–Crippen LogP) is 2.31. The van der Waals surface area contributed by atoms with E-state index < -0.39 is 18.2 Å². The Kier molecular flexibility index (Phi) is 7.12. The van der Waals surface area contributed by atoms with Crippen LogP contribution in [-0.4, -0.2) is 53.4 Å². The van der Waals surface area contributed by atoms with E-state index in [0.29, 0.717) is 13.1 Å². The Morgan fingerprint density at radius 3 is 2.18 bits per heavy atom. The third-order valence-corrected chi connectivity index (χ3v) is 4.62. The second kappa shape index (κ2) is 8.15. The van der Waals surface area contributed by atoms with Crippen molar-refractivity contribution in [2.24, 2.45) is 5.92 Å². The fourth-order valence-electron chi connectivity index (χ4n) is 2.87. The number of halogens is 3. The molecule has 0 bridgehead atoms. The Balaban J connectivity index is 2.48. The molecule has 4 nitrogen and oxygen atoms in total. The average molecular weight is 324 g/mol. The minimum Gasteiger partial charge on any atom is -0.383 e. The second-order valence-electron chi connectivity index (χ2n) is 6.06. The van der Waals surface area contributed by atoms with Gasteiger partial charge < -0.3 is 10.4 Å². The molecule has 2 unspecified atom stereocenters. The maximum atomic E-state index is 12.5. The summed E-state index contributed by atoms with van der Waals surface area (Å²) in [5.74, 6) is -0.853. The van der Waals surface area contributed by atoms with Crippen molar-refractivity contribution in [3.8, 4) is 0 Å². The van der Waals surface area contributed by atoms with Crippen LogP contribution >= 0.6 is 0 Å². The number of hydrogen-bond acceptors (Lipinski definition) is 3. The lowest BCUT2D eigenvalue weighted by molar-refractivity contribution is -0.223. The van der Waals surface area contributed by atoms with E-state index in [0.717, 1.165) is 12.8 Å². The van der Waals surface area contributed by atoms with E-state index in [9.17, 15) is 23.1 Å². The van der Waals surface area contributed by atoms with Gasteiger partial charge in [0.25, 0.3) is 0 Å². The van der Waals surface area contributed by atoms with Crippen LogP contribution in [0.15, 0.2) is 0 Å². The van der Waals surface area contributed by atoms with E-state index in [2.05, 4.69) is 5.32 Å². The minimum atomic E-state index is -4.56. The highest BCUT2D eigenvalue weighted by Crippen LogP contribution is 2.32. The van der Waals surface area contributed by atoms with E-state index in [4.69, 9.17) is 0 Å². The fourth-order valence-corrected chi connectivity index (χ4v) is 2.87. The summed E-state index contributed by atoms with van der Waals surface area (Å²) in [6, 6.07) is -0.218. The standard InChI is InChI=1S/C15H27F3N2O2/c1-4-12(5-2)19-14(22)10(3)20-8-6-11(7-9-20)13(21)15(16,17)18/h10-13,21H,4-9H2,1-3H3,(H,19,22). The summed E-state index contributed by atoms with van der Waals surface area (Å²) >= 11 is 0. The number of carbonyl (C=O) groups is 1. The van der Waals surface area contributed by atoms with Gasteiger partial charge in [0, 0.05) is 6.04 Å². The maximum Gasteiger partial charge on any atom is 0.414 e. The topological polar surface area (TPSA) is 52.6 Å². The second-order valence-corrected chi connectivity index (χ2v) is 6.06. The zero-order valence-electron chi connectivity index (χ0n) is 13.5. The molecule has 2 N–H and O–H groups in total. The molecule has 1 fully saturated rings. The van der Waals surface area contributed by atoms with Gasteiger partial charge in [-0.25, -0.2) is 0 Å². The molecule has 0 aliphatic carbocycles. The van der Waals surface area contributed by atoms with Crippen LogP contribution in [0.25, 0.3) is 0 Å². The van der Waals surface area contributed by atoms with Crippen molar-refractivity contribution in [3.63, 3.8) is 0 Å². The number of amides is 1. The number of rotatable bonds is 6. The molecule has 1 aliphatic heterocycles. The number of hydrogen-bond donors (Lipinski definition) is 2. The first-order valence-electron chi connectivity index (χ1n) is 7.99.